The molecular formula is C29H35N3O3. The van der Waals surface area contributed by atoms with E-state index in [-0.39, 0.29) is 12.0 Å². The van der Waals surface area contributed by atoms with Gasteiger partial charge in [0.25, 0.3) is 5.91 Å². The van der Waals surface area contributed by atoms with Gasteiger partial charge in [0.15, 0.2) is 0 Å². The highest BCUT2D eigenvalue weighted by molar-refractivity contribution is 5.95. The van der Waals surface area contributed by atoms with Gasteiger partial charge in [-0.25, -0.2) is 4.79 Å². The summed E-state index contributed by atoms with van der Waals surface area (Å²) in [7, 11) is 0. The first-order chi connectivity index (χ1) is 16.7. The molecule has 0 bridgehead atoms. The maximum Gasteiger partial charge on any atom is 0.410 e. The summed E-state index contributed by atoms with van der Waals surface area (Å²) in [5.74, 6) is 0.0276. The van der Waals surface area contributed by atoms with Crippen molar-refractivity contribution < 1.29 is 14.3 Å². The number of ether oxygens (including phenoxy) is 1. The molecule has 6 nitrogen and oxygen atoms in total. The van der Waals surface area contributed by atoms with Crippen molar-refractivity contribution in [3.8, 4) is 6.07 Å². The van der Waals surface area contributed by atoms with Gasteiger partial charge >= 0.3 is 6.09 Å². The van der Waals surface area contributed by atoms with Crippen molar-refractivity contribution in [1.29, 1.82) is 5.26 Å². The standard InChI is InChI=1S/C29H35N3O3/c1-6-31(7-2)27(33)25-14-12-23(13-15-25)26(22-10-8-21(20-30)9-11-22)24-16-18-32(19-17-24)28(34)35-29(3,4)5/h8-15H,6-7,16-19H2,1-5H3. The number of piperidine rings is 1. The number of nitrogens with zero attached hydrogens (tertiary/aromatic N) is 3. The second-order valence-corrected chi connectivity index (χ2v) is 9.69. The highest BCUT2D eigenvalue weighted by atomic mass is 16.6. The number of hydrogen-bond donors (Lipinski definition) is 0. The first kappa shape index (κ1) is 26.0. The van der Waals surface area contributed by atoms with Crippen LogP contribution in [0.15, 0.2) is 54.1 Å². The van der Waals surface area contributed by atoms with Gasteiger partial charge in [-0.3, -0.25) is 4.79 Å². The third-order valence-corrected chi connectivity index (χ3v) is 6.15. The molecular weight excluding hydrogens is 438 g/mol. The van der Waals surface area contributed by atoms with Crippen LogP contribution < -0.4 is 0 Å². The first-order valence-corrected chi connectivity index (χ1v) is 12.3. The zero-order valence-electron chi connectivity index (χ0n) is 21.4. The molecule has 6 heteroatoms. The molecule has 0 spiro atoms. The lowest BCUT2D eigenvalue weighted by Crippen LogP contribution is -2.40. The van der Waals surface area contributed by atoms with E-state index >= 15 is 0 Å². The minimum absolute atomic E-state index is 0.0276. The number of carbonyl (C=O) groups excluding carboxylic acids is 2. The van der Waals surface area contributed by atoms with Gasteiger partial charge in [-0.15, -0.1) is 0 Å². The topological polar surface area (TPSA) is 73.6 Å². The van der Waals surface area contributed by atoms with Crippen LogP contribution in [-0.4, -0.2) is 53.6 Å². The van der Waals surface area contributed by atoms with Gasteiger partial charge in [-0.05, 0) is 88.4 Å². The Balaban J connectivity index is 1.92. The molecule has 3 rings (SSSR count). The number of carbonyl (C=O) groups is 2. The smallest absolute Gasteiger partial charge is 0.410 e. The van der Waals surface area contributed by atoms with Crippen molar-refractivity contribution in [3.05, 3.63) is 76.4 Å². The molecule has 1 saturated heterocycles. The third kappa shape index (κ3) is 6.51. The summed E-state index contributed by atoms with van der Waals surface area (Å²) in [6, 6.07) is 17.5. The van der Waals surface area contributed by atoms with Gasteiger partial charge in [0, 0.05) is 31.7 Å². The average Bonchev–Trinajstić information content (AvgIpc) is 2.85. The van der Waals surface area contributed by atoms with E-state index in [0.717, 1.165) is 29.5 Å². The Morgan fingerprint density at radius 2 is 1.40 bits per heavy atom. The van der Waals surface area contributed by atoms with E-state index < -0.39 is 5.60 Å². The van der Waals surface area contributed by atoms with Gasteiger partial charge in [-0.1, -0.05) is 29.8 Å². The molecule has 0 aliphatic carbocycles. The molecule has 0 unspecified atom stereocenters. The second kappa shape index (κ2) is 11.2. The third-order valence-electron chi connectivity index (χ3n) is 6.15. The van der Waals surface area contributed by atoms with Crippen LogP contribution in [-0.2, 0) is 4.74 Å². The molecule has 184 valence electrons. The van der Waals surface area contributed by atoms with Gasteiger partial charge in [0.05, 0.1) is 11.6 Å². The molecule has 35 heavy (non-hydrogen) atoms. The van der Waals surface area contributed by atoms with Crippen molar-refractivity contribution in [2.75, 3.05) is 26.2 Å². The van der Waals surface area contributed by atoms with Crippen molar-refractivity contribution >= 4 is 17.6 Å². The van der Waals surface area contributed by atoms with E-state index in [1.54, 1.807) is 9.80 Å². The van der Waals surface area contributed by atoms with Gasteiger partial charge in [-0.2, -0.15) is 5.26 Å². The second-order valence-electron chi connectivity index (χ2n) is 9.69. The van der Waals surface area contributed by atoms with E-state index in [4.69, 9.17) is 4.74 Å². The van der Waals surface area contributed by atoms with E-state index in [0.29, 0.717) is 37.3 Å². The Hall–Kier alpha value is -3.59. The number of hydrogen-bond acceptors (Lipinski definition) is 4. The number of amides is 2. The highest BCUT2D eigenvalue weighted by Crippen LogP contribution is 2.33. The molecule has 0 radical (unpaired) electrons. The summed E-state index contributed by atoms with van der Waals surface area (Å²) in [6.45, 7) is 12.1. The number of benzene rings is 2. The van der Waals surface area contributed by atoms with Crippen molar-refractivity contribution in [2.45, 2.75) is 53.1 Å². The lowest BCUT2D eigenvalue weighted by molar-refractivity contribution is 0.0236. The van der Waals surface area contributed by atoms with Crippen LogP contribution in [0.25, 0.3) is 5.57 Å². The molecule has 2 amide bonds. The van der Waals surface area contributed by atoms with Gasteiger partial charge < -0.3 is 14.5 Å². The molecule has 1 fully saturated rings. The Kier molecular flexibility index (Phi) is 8.34. The van der Waals surface area contributed by atoms with E-state index in [1.165, 1.54) is 5.57 Å². The Morgan fingerprint density at radius 3 is 1.86 bits per heavy atom. The SMILES string of the molecule is CCN(CC)C(=O)c1ccc(C(=C2CCN(C(=O)OC(C)(C)C)CC2)c2ccc(C#N)cc2)cc1. The fourth-order valence-corrected chi connectivity index (χ4v) is 4.29. The molecule has 0 aromatic heterocycles. The molecule has 1 aliphatic heterocycles. The van der Waals surface area contributed by atoms with Crippen molar-refractivity contribution in [1.82, 2.24) is 9.80 Å². The molecule has 2 aromatic rings. The zero-order valence-corrected chi connectivity index (χ0v) is 21.4. The molecule has 1 aliphatic rings. The summed E-state index contributed by atoms with van der Waals surface area (Å²) in [5.41, 5.74) is 5.14. The van der Waals surface area contributed by atoms with Crippen LogP contribution in [0, 0.1) is 11.3 Å². The van der Waals surface area contributed by atoms with Crippen LogP contribution in [0.1, 0.15) is 74.5 Å². The fourth-order valence-electron chi connectivity index (χ4n) is 4.29. The maximum atomic E-state index is 12.8. The zero-order chi connectivity index (χ0) is 25.6. The molecule has 1 heterocycles. The van der Waals surface area contributed by atoms with Crippen LogP contribution in [0.3, 0.4) is 0 Å². The maximum absolute atomic E-state index is 12.8. The normalized spacial score (nSPS) is 13.7. The van der Waals surface area contributed by atoms with Gasteiger partial charge in [0.2, 0.25) is 0 Å². The number of likely N-dealkylation sites (tertiary alicyclic amines) is 1. The van der Waals surface area contributed by atoms with Gasteiger partial charge in [0.1, 0.15) is 5.60 Å². The average molecular weight is 474 g/mol. The summed E-state index contributed by atoms with van der Waals surface area (Å²) in [4.78, 5) is 28.9. The molecule has 2 aromatic carbocycles. The molecule has 0 atom stereocenters. The van der Waals surface area contributed by atoms with Crippen molar-refractivity contribution in [2.24, 2.45) is 0 Å². The lowest BCUT2D eigenvalue weighted by Gasteiger charge is -2.32. The van der Waals surface area contributed by atoms with E-state index in [1.807, 2.05) is 83.1 Å². The minimum atomic E-state index is -0.523. The Labute approximate surface area is 208 Å². The van der Waals surface area contributed by atoms with Crippen molar-refractivity contribution in [3.63, 3.8) is 0 Å². The Morgan fingerprint density at radius 1 is 0.914 bits per heavy atom. The number of rotatable bonds is 5. The predicted octanol–water partition coefficient (Wildman–Crippen LogP) is 5.87. The summed E-state index contributed by atoms with van der Waals surface area (Å²) in [5, 5.41) is 9.22. The van der Waals surface area contributed by atoms with E-state index in [9.17, 15) is 14.9 Å². The quantitative estimate of drug-likeness (QED) is 0.544. The van der Waals surface area contributed by atoms with E-state index in [2.05, 4.69) is 6.07 Å². The monoisotopic (exact) mass is 473 g/mol. The predicted molar refractivity (Wildman–Crippen MR) is 138 cm³/mol. The van der Waals surface area contributed by atoms with Crippen LogP contribution >= 0.6 is 0 Å². The Bertz CT molecular complexity index is 1110. The van der Waals surface area contributed by atoms with Crippen LogP contribution in [0.4, 0.5) is 4.79 Å². The summed E-state index contributed by atoms with van der Waals surface area (Å²) >= 11 is 0. The molecule has 0 saturated carbocycles. The van der Waals surface area contributed by atoms with Crippen LogP contribution in [0.2, 0.25) is 0 Å². The highest BCUT2D eigenvalue weighted by Gasteiger charge is 2.26. The summed E-state index contributed by atoms with van der Waals surface area (Å²) < 4.78 is 5.55. The lowest BCUT2D eigenvalue weighted by atomic mass is 9.88. The summed E-state index contributed by atoms with van der Waals surface area (Å²) in [6.07, 6.45) is 1.18. The largest absolute Gasteiger partial charge is 0.444 e. The first-order valence-electron chi connectivity index (χ1n) is 12.3. The molecule has 0 N–H and O–H groups in total. The van der Waals surface area contributed by atoms with Crippen LogP contribution in [0.5, 0.6) is 0 Å². The minimum Gasteiger partial charge on any atom is -0.444 e. The number of nitriles is 1. The fraction of sp³-hybridized carbons (Fsp3) is 0.414.